The molecule has 26 heavy (non-hydrogen) atoms. The molecule has 1 heterocycles. The first-order chi connectivity index (χ1) is 12.4. The van der Waals surface area contributed by atoms with Crippen LogP contribution < -0.4 is 10.6 Å². The van der Waals surface area contributed by atoms with Crippen LogP contribution in [-0.4, -0.2) is 10.9 Å². The van der Waals surface area contributed by atoms with Crippen LogP contribution in [0.15, 0.2) is 54.9 Å². The van der Waals surface area contributed by atoms with Crippen molar-refractivity contribution >= 4 is 23.0 Å². The number of anilines is 3. The molecule has 2 aromatic carbocycles. The standard InChI is InChI=1S/C22H23N3O/c1-14-8-9-19(10-16(14)3)24-20-11-18(12-23-13-20)22(26)25-21-7-5-6-15(2)17(21)4/h5-13,24H,1-4H3,(H,25,26). The summed E-state index contributed by atoms with van der Waals surface area (Å²) < 4.78 is 0. The lowest BCUT2D eigenvalue weighted by Gasteiger charge is -2.12. The van der Waals surface area contributed by atoms with Crippen molar-refractivity contribution in [2.24, 2.45) is 0 Å². The van der Waals surface area contributed by atoms with Crippen molar-refractivity contribution in [1.82, 2.24) is 4.98 Å². The zero-order valence-electron chi connectivity index (χ0n) is 15.6. The Bertz CT molecular complexity index is 963. The van der Waals surface area contributed by atoms with Crippen molar-refractivity contribution in [2.45, 2.75) is 27.7 Å². The third-order valence-corrected chi connectivity index (χ3v) is 4.65. The van der Waals surface area contributed by atoms with Crippen LogP contribution in [-0.2, 0) is 0 Å². The third-order valence-electron chi connectivity index (χ3n) is 4.65. The van der Waals surface area contributed by atoms with Crippen LogP contribution in [0.5, 0.6) is 0 Å². The molecule has 132 valence electrons. The Morgan fingerprint density at radius 2 is 1.65 bits per heavy atom. The number of carbonyl (C=O) groups excluding carboxylic acids is 1. The van der Waals surface area contributed by atoms with E-state index in [1.807, 2.05) is 44.2 Å². The van der Waals surface area contributed by atoms with Gasteiger partial charge in [0.2, 0.25) is 0 Å². The van der Waals surface area contributed by atoms with Gasteiger partial charge in [0.15, 0.2) is 0 Å². The number of hydrogen-bond acceptors (Lipinski definition) is 3. The molecule has 1 aromatic heterocycles. The molecule has 0 bridgehead atoms. The van der Waals surface area contributed by atoms with Crippen molar-refractivity contribution in [3.8, 4) is 0 Å². The highest BCUT2D eigenvalue weighted by Crippen LogP contribution is 2.21. The lowest BCUT2D eigenvalue weighted by Crippen LogP contribution is -2.13. The Kier molecular flexibility index (Phi) is 5.03. The SMILES string of the molecule is Cc1ccc(Nc2cncc(C(=O)Nc3cccc(C)c3C)c2)cc1C. The van der Waals surface area contributed by atoms with E-state index in [1.165, 1.54) is 11.1 Å². The number of aryl methyl sites for hydroxylation is 3. The molecule has 1 amide bonds. The van der Waals surface area contributed by atoms with Crippen LogP contribution in [0.25, 0.3) is 0 Å². The molecule has 0 spiro atoms. The molecule has 0 saturated carbocycles. The molecule has 0 aliphatic carbocycles. The Morgan fingerprint density at radius 1 is 0.846 bits per heavy atom. The number of amides is 1. The number of hydrogen-bond donors (Lipinski definition) is 2. The molecule has 0 aliphatic heterocycles. The van der Waals surface area contributed by atoms with Gasteiger partial charge in [-0.15, -0.1) is 0 Å². The highest BCUT2D eigenvalue weighted by Gasteiger charge is 2.10. The van der Waals surface area contributed by atoms with Crippen LogP contribution in [0, 0.1) is 27.7 Å². The first kappa shape index (κ1) is 17.7. The molecule has 2 N–H and O–H groups in total. The maximum Gasteiger partial charge on any atom is 0.257 e. The summed E-state index contributed by atoms with van der Waals surface area (Å²) in [4.78, 5) is 16.8. The zero-order valence-corrected chi connectivity index (χ0v) is 15.6. The predicted molar refractivity (Wildman–Crippen MR) is 107 cm³/mol. The third kappa shape index (κ3) is 3.91. The Balaban J connectivity index is 1.79. The molecule has 0 atom stereocenters. The number of nitrogens with one attached hydrogen (secondary N) is 2. The van der Waals surface area contributed by atoms with Gasteiger partial charge in [0.05, 0.1) is 17.4 Å². The maximum atomic E-state index is 12.6. The number of benzene rings is 2. The number of aromatic nitrogens is 1. The molecule has 4 heteroatoms. The van der Waals surface area contributed by atoms with Crippen LogP contribution >= 0.6 is 0 Å². The minimum Gasteiger partial charge on any atom is -0.354 e. The van der Waals surface area contributed by atoms with E-state index >= 15 is 0 Å². The number of pyridine rings is 1. The summed E-state index contributed by atoms with van der Waals surface area (Å²) in [6.07, 6.45) is 3.29. The summed E-state index contributed by atoms with van der Waals surface area (Å²) in [5, 5.41) is 6.28. The molecule has 0 radical (unpaired) electrons. The van der Waals surface area contributed by atoms with Gasteiger partial charge in [0.25, 0.3) is 5.91 Å². The molecule has 0 aliphatic rings. The van der Waals surface area contributed by atoms with Crippen molar-refractivity contribution < 1.29 is 4.79 Å². The number of rotatable bonds is 4. The summed E-state index contributed by atoms with van der Waals surface area (Å²) in [6.45, 7) is 8.19. The lowest BCUT2D eigenvalue weighted by molar-refractivity contribution is 0.102. The largest absolute Gasteiger partial charge is 0.354 e. The van der Waals surface area contributed by atoms with Crippen molar-refractivity contribution in [2.75, 3.05) is 10.6 Å². The second kappa shape index (κ2) is 7.40. The Hall–Kier alpha value is -3.14. The summed E-state index contributed by atoms with van der Waals surface area (Å²) >= 11 is 0. The second-order valence-corrected chi connectivity index (χ2v) is 6.59. The fourth-order valence-corrected chi connectivity index (χ4v) is 2.70. The Morgan fingerprint density at radius 3 is 2.42 bits per heavy atom. The fraction of sp³-hybridized carbons (Fsp3) is 0.182. The van der Waals surface area contributed by atoms with Gasteiger partial charge in [0.1, 0.15) is 0 Å². The highest BCUT2D eigenvalue weighted by molar-refractivity contribution is 6.05. The first-order valence-electron chi connectivity index (χ1n) is 8.61. The molecule has 3 aromatic rings. The van der Waals surface area contributed by atoms with E-state index in [-0.39, 0.29) is 5.91 Å². The van der Waals surface area contributed by atoms with Crippen LogP contribution in [0.1, 0.15) is 32.6 Å². The average molecular weight is 345 g/mol. The van der Waals surface area contributed by atoms with E-state index in [1.54, 1.807) is 12.4 Å². The Labute approximate surface area is 154 Å². The normalized spacial score (nSPS) is 10.5. The minimum atomic E-state index is -0.171. The van der Waals surface area contributed by atoms with E-state index in [9.17, 15) is 4.79 Å². The molecule has 0 saturated heterocycles. The number of nitrogens with zero attached hydrogens (tertiary/aromatic N) is 1. The van der Waals surface area contributed by atoms with Crippen LogP contribution in [0.3, 0.4) is 0 Å². The monoisotopic (exact) mass is 345 g/mol. The van der Waals surface area contributed by atoms with Crippen molar-refractivity contribution in [1.29, 1.82) is 0 Å². The van der Waals surface area contributed by atoms with E-state index in [4.69, 9.17) is 0 Å². The average Bonchev–Trinajstić information content (AvgIpc) is 2.62. The topological polar surface area (TPSA) is 54.0 Å². The van der Waals surface area contributed by atoms with Crippen molar-refractivity contribution in [3.63, 3.8) is 0 Å². The molecule has 0 unspecified atom stereocenters. The predicted octanol–water partition coefficient (Wildman–Crippen LogP) is 5.31. The van der Waals surface area contributed by atoms with Gasteiger partial charge in [-0.05, 0) is 74.2 Å². The van der Waals surface area contributed by atoms with Gasteiger partial charge < -0.3 is 10.6 Å². The minimum absolute atomic E-state index is 0.171. The van der Waals surface area contributed by atoms with Gasteiger partial charge in [-0.25, -0.2) is 0 Å². The van der Waals surface area contributed by atoms with E-state index in [0.29, 0.717) is 5.56 Å². The van der Waals surface area contributed by atoms with Crippen molar-refractivity contribution in [3.05, 3.63) is 82.7 Å². The smallest absolute Gasteiger partial charge is 0.257 e. The van der Waals surface area contributed by atoms with E-state index in [0.717, 1.165) is 28.2 Å². The molecular weight excluding hydrogens is 322 g/mol. The number of carbonyl (C=O) groups is 1. The van der Waals surface area contributed by atoms with Gasteiger partial charge in [0, 0.05) is 17.6 Å². The van der Waals surface area contributed by atoms with Gasteiger partial charge >= 0.3 is 0 Å². The van der Waals surface area contributed by atoms with Crippen LogP contribution in [0.4, 0.5) is 17.1 Å². The first-order valence-corrected chi connectivity index (χ1v) is 8.61. The maximum absolute atomic E-state index is 12.6. The second-order valence-electron chi connectivity index (χ2n) is 6.59. The van der Waals surface area contributed by atoms with Gasteiger partial charge in [-0.3, -0.25) is 9.78 Å². The summed E-state index contributed by atoms with van der Waals surface area (Å²) in [5.41, 5.74) is 7.76. The summed E-state index contributed by atoms with van der Waals surface area (Å²) in [6, 6.07) is 13.9. The van der Waals surface area contributed by atoms with Gasteiger partial charge in [-0.1, -0.05) is 18.2 Å². The molecule has 3 rings (SSSR count). The molecular formula is C22H23N3O. The molecule has 4 nitrogen and oxygen atoms in total. The summed E-state index contributed by atoms with van der Waals surface area (Å²) in [7, 11) is 0. The molecule has 0 fully saturated rings. The lowest BCUT2D eigenvalue weighted by atomic mass is 10.1. The van der Waals surface area contributed by atoms with Gasteiger partial charge in [-0.2, -0.15) is 0 Å². The summed E-state index contributed by atoms with van der Waals surface area (Å²) in [5.74, 6) is -0.171. The quantitative estimate of drug-likeness (QED) is 0.673. The van der Waals surface area contributed by atoms with Crippen LogP contribution in [0.2, 0.25) is 0 Å². The van der Waals surface area contributed by atoms with E-state index in [2.05, 4.69) is 41.6 Å². The zero-order chi connectivity index (χ0) is 18.7. The highest BCUT2D eigenvalue weighted by atomic mass is 16.1. The van der Waals surface area contributed by atoms with E-state index < -0.39 is 0 Å². The fourth-order valence-electron chi connectivity index (χ4n) is 2.70.